The first-order valence-corrected chi connectivity index (χ1v) is 11.8. The number of esters is 1. The van der Waals surface area contributed by atoms with Crippen molar-refractivity contribution in [3.63, 3.8) is 0 Å². The fourth-order valence-electron chi connectivity index (χ4n) is 3.59. The molecule has 1 atom stereocenters. The fraction of sp³-hybridized carbons (Fsp3) is 0.833. The zero-order chi connectivity index (χ0) is 20.3. The van der Waals surface area contributed by atoms with Crippen LogP contribution in [0.3, 0.4) is 0 Å². The monoisotopic (exact) mass is 393 g/mol. The normalized spacial score (nSPS) is 16.6. The number of amides is 1. The van der Waals surface area contributed by atoms with E-state index >= 15 is 0 Å². The van der Waals surface area contributed by atoms with Gasteiger partial charge in [-0.15, -0.1) is 0 Å². The Balaban J connectivity index is 1.76. The maximum absolute atomic E-state index is 11.7. The molecule has 0 aromatic heterocycles. The number of hydrogen-bond acceptors (Lipinski definition) is 3. The molecule has 4 heteroatoms. The van der Waals surface area contributed by atoms with Gasteiger partial charge in [-0.05, 0) is 38.5 Å². The smallest absolute Gasteiger partial charge is 0.328 e. The molecule has 1 N–H and O–H groups in total. The maximum Gasteiger partial charge on any atom is 0.328 e. The summed E-state index contributed by atoms with van der Waals surface area (Å²) in [5.41, 5.74) is 0. The highest BCUT2D eigenvalue weighted by Crippen LogP contribution is 2.11. The van der Waals surface area contributed by atoms with E-state index in [2.05, 4.69) is 24.4 Å². The molecule has 1 rings (SSSR count). The average Bonchev–Trinajstić information content (AvgIpc) is 3.13. The predicted octanol–water partition coefficient (Wildman–Crippen LogP) is 6.24. The van der Waals surface area contributed by atoms with Crippen molar-refractivity contribution in [2.45, 2.75) is 122 Å². The van der Waals surface area contributed by atoms with Gasteiger partial charge in [0.2, 0.25) is 5.91 Å². The Kier molecular flexibility index (Phi) is 15.7. The Bertz CT molecular complexity index is 434. The molecule has 28 heavy (non-hydrogen) atoms. The van der Waals surface area contributed by atoms with Gasteiger partial charge < -0.3 is 10.1 Å². The molecule has 1 aliphatic heterocycles. The lowest BCUT2D eigenvalue weighted by atomic mass is 10.1. The first kappa shape index (κ1) is 24.7. The van der Waals surface area contributed by atoms with E-state index in [1.165, 1.54) is 83.5 Å². The molecule has 1 aliphatic rings. The molecule has 0 bridgehead atoms. The molecule has 0 spiro atoms. The molecular weight excluding hydrogens is 350 g/mol. The SMILES string of the molecule is CCCCCCCCCC/C=C/CCCCCCCOC(=O)[C@@H]1CCC(=O)N1. The third-order valence-electron chi connectivity index (χ3n) is 5.43. The Morgan fingerprint density at radius 3 is 1.96 bits per heavy atom. The zero-order valence-corrected chi connectivity index (χ0v) is 18.2. The van der Waals surface area contributed by atoms with Gasteiger partial charge in [0.25, 0.3) is 0 Å². The van der Waals surface area contributed by atoms with E-state index in [0.717, 1.165) is 12.8 Å². The van der Waals surface area contributed by atoms with Gasteiger partial charge in [0.15, 0.2) is 0 Å². The van der Waals surface area contributed by atoms with Crippen molar-refractivity contribution in [1.29, 1.82) is 0 Å². The van der Waals surface area contributed by atoms with Crippen LogP contribution in [0.4, 0.5) is 0 Å². The summed E-state index contributed by atoms with van der Waals surface area (Å²) in [5.74, 6) is -0.318. The molecular formula is C24H43NO3. The molecule has 1 saturated heterocycles. The minimum atomic E-state index is -0.412. The highest BCUT2D eigenvalue weighted by Gasteiger charge is 2.28. The molecule has 0 aromatic rings. The summed E-state index contributed by atoms with van der Waals surface area (Å²) in [5, 5.41) is 2.64. The Hall–Kier alpha value is -1.32. The van der Waals surface area contributed by atoms with Crippen molar-refractivity contribution in [2.24, 2.45) is 0 Å². The third kappa shape index (κ3) is 13.8. The van der Waals surface area contributed by atoms with Crippen LogP contribution in [0, 0.1) is 0 Å². The quantitative estimate of drug-likeness (QED) is 0.170. The van der Waals surface area contributed by atoms with Gasteiger partial charge in [0, 0.05) is 6.42 Å². The Labute approximate surface area is 172 Å². The van der Waals surface area contributed by atoms with Gasteiger partial charge in [-0.3, -0.25) is 4.79 Å². The van der Waals surface area contributed by atoms with Crippen molar-refractivity contribution >= 4 is 11.9 Å². The summed E-state index contributed by atoms with van der Waals surface area (Å²) in [6, 6.07) is -0.412. The second kappa shape index (κ2) is 17.8. The highest BCUT2D eigenvalue weighted by atomic mass is 16.5. The summed E-state index contributed by atoms with van der Waals surface area (Å²) in [7, 11) is 0. The van der Waals surface area contributed by atoms with Crippen molar-refractivity contribution in [3.05, 3.63) is 12.2 Å². The standard InChI is InChI=1S/C24H43NO3/c1-2-3-4-5-6-7-8-9-10-11-12-13-14-15-16-17-18-21-28-24(27)22-19-20-23(26)25-22/h11-12,22H,2-10,13-21H2,1H3,(H,25,26)/b12-11+/t22-/m0/s1. The lowest BCUT2D eigenvalue weighted by Gasteiger charge is -2.09. The molecule has 0 radical (unpaired) electrons. The van der Waals surface area contributed by atoms with E-state index in [0.29, 0.717) is 19.4 Å². The molecule has 0 saturated carbocycles. The van der Waals surface area contributed by atoms with Gasteiger partial charge in [-0.2, -0.15) is 0 Å². The van der Waals surface area contributed by atoms with Crippen LogP contribution in [0.2, 0.25) is 0 Å². The summed E-state index contributed by atoms with van der Waals surface area (Å²) in [6.45, 7) is 2.75. The van der Waals surface area contributed by atoms with Gasteiger partial charge in [-0.25, -0.2) is 4.79 Å². The van der Waals surface area contributed by atoms with Crippen LogP contribution in [-0.4, -0.2) is 24.5 Å². The molecule has 1 heterocycles. The number of carbonyl (C=O) groups excluding carboxylic acids is 2. The van der Waals surface area contributed by atoms with Crippen molar-refractivity contribution in [2.75, 3.05) is 6.61 Å². The highest BCUT2D eigenvalue weighted by molar-refractivity contribution is 5.87. The molecule has 1 fully saturated rings. The average molecular weight is 394 g/mol. The number of rotatable bonds is 18. The summed E-state index contributed by atoms with van der Waals surface area (Å²) in [4.78, 5) is 22.8. The molecule has 0 aromatic carbocycles. The van der Waals surface area contributed by atoms with Gasteiger partial charge in [0.05, 0.1) is 6.61 Å². The van der Waals surface area contributed by atoms with Crippen molar-refractivity contribution < 1.29 is 14.3 Å². The lowest BCUT2D eigenvalue weighted by Crippen LogP contribution is -2.34. The zero-order valence-electron chi connectivity index (χ0n) is 18.2. The van der Waals surface area contributed by atoms with Gasteiger partial charge in [0.1, 0.15) is 6.04 Å². The number of unbranched alkanes of at least 4 members (excludes halogenated alkanes) is 13. The molecule has 162 valence electrons. The molecule has 4 nitrogen and oxygen atoms in total. The van der Waals surface area contributed by atoms with Crippen LogP contribution in [-0.2, 0) is 14.3 Å². The van der Waals surface area contributed by atoms with Crippen LogP contribution in [0.25, 0.3) is 0 Å². The van der Waals surface area contributed by atoms with Crippen LogP contribution in [0.5, 0.6) is 0 Å². The van der Waals surface area contributed by atoms with E-state index in [4.69, 9.17) is 4.74 Å². The Morgan fingerprint density at radius 1 is 0.893 bits per heavy atom. The summed E-state index contributed by atoms with van der Waals surface area (Å²) >= 11 is 0. The topological polar surface area (TPSA) is 55.4 Å². The Morgan fingerprint density at radius 2 is 1.43 bits per heavy atom. The van der Waals surface area contributed by atoms with E-state index in [-0.39, 0.29) is 11.9 Å². The minimum Gasteiger partial charge on any atom is -0.464 e. The van der Waals surface area contributed by atoms with Crippen LogP contribution < -0.4 is 5.32 Å². The first-order chi connectivity index (χ1) is 13.7. The lowest BCUT2D eigenvalue weighted by molar-refractivity contribution is -0.146. The minimum absolute atomic E-state index is 0.0474. The van der Waals surface area contributed by atoms with Crippen LogP contribution >= 0.6 is 0 Å². The number of ether oxygens (including phenoxy) is 1. The van der Waals surface area contributed by atoms with Crippen molar-refractivity contribution in [1.82, 2.24) is 5.32 Å². The van der Waals surface area contributed by atoms with Crippen LogP contribution in [0.15, 0.2) is 12.2 Å². The molecule has 0 unspecified atom stereocenters. The fourth-order valence-corrected chi connectivity index (χ4v) is 3.59. The molecule has 0 aliphatic carbocycles. The van der Waals surface area contributed by atoms with Gasteiger partial charge in [-0.1, -0.05) is 83.3 Å². The second-order valence-electron chi connectivity index (χ2n) is 8.12. The first-order valence-electron chi connectivity index (χ1n) is 11.8. The van der Waals surface area contributed by atoms with E-state index in [1.54, 1.807) is 0 Å². The van der Waals surface area contributed by atoms with E-state index < -0.39 is 6.04 Å². The van der Waals surface area contributed by atoms with E-state index in [9.17, 15) is 9.59 Å². The molecule has 1 amide bonds. The van der Waals surface area contributed by atoms with Crippen LogP contribution in [0.1, 0.15) is 116 Å². The third-order valence-corrected chi connectivity index (χ3v) is 5.43. The summed E-state index contributed by atoms with van der Waals surface area (Å²) in [6.07, 6.45) is 25.0. The number of carbonyl (C=O) groups is 2. The predicted molar refractivity (Wildman–Crippen MR) is 116 cm³/mol. The van der Waals surface area contributed by atoms with E-state index in [1.807, 2.05) is 0 Å². The number of hydrogen-bond donors (Lipinski definition) is 1. The largest absolute Gasteiger partial charge is 0.464 e. The van der Waals surface area contributed by atoms with Gasteiger partial charge >= 0.3 is 5.97 Å². The second-order valence-corrected chi connectivity index (χ2v) is 8.12. The number of allylic oxidation sites excluding steroid dienone is 2. The van der Waals surface area contributed by atoms with Crippen molar-refractivity contribution in [3.8, 4) is 0 Å². The number of nitrogens with one attached hydrogen (secondary N) is 1. The summed E-state index contributed by atoms with van der Waals surface area (Å²) < 4.78 is 5.23. The maximum atomic E-state index is 11.7.